The van der Waals surface area contributed by atoms with E-state index in [2.05, 4.69) is 50.0 Å². The number of fused-ring (bicyclic) bond motifs is 3. The first kappa shape index (κ1) is 25.5. The van der Waals surface area contributed by atoms with Gasteiger partial charge in [-0.1, -0.05) is 24.3 Å². The molecule has 208 valence electrons. The molecule has 4 heterocycles. The van der Waals surface area contributed by atoms with Gasteiger partial charge in [0, 0.05) is 47.9 Å². The van der Waals surface area contributed by atoms with Gasteiger partial charge in [-0.2, -0.15) is 5.10 Å². The number of sulfone groups is 1. The Balaban J connectivity index is 1.00. The highest BCUT2D eigenvalue weighted by atomic mass is 32.2. The van der Waals surface area contributed by atoms with Crippen LogP contribution >= 0.6 is 0 Å². The second-order valence-corrected chi connectivity index (χ2v) is 14.0. The molecule has 0 amide bonds. The van der Waals surface area contributed by atoms with Crippen molar-refractivity contribution in [2.75, 3.05) is 24.2 Å². The van der Waals surface area contributed by atoms with E-state index in [-0.39, 0.29) is 23.2 Å². The van der Waals surface area contributed by atoms with Crippen molar-refractivity contribution in [1.29, 1.82) is 0 Å². The number of halogens is 1. The first-order chi connectivity index (χ1) is 19.4. The van der Waals surface area contributed by atoms with E-state index in [1.165, 1.54) is 11.9 Å². The van der Waals surface area contributed by atoms with Crippen LogP contribution < -0.4 is 4.90 Å². The summed E-state index contributed by atoms with van der Waals surface area (Å²) in [5.41, 5.74) is 6.23. The quantitative estimate of drug-likeness (QED) is 0.304. The largest absolute Gasteiger partial charge is 0.372 e. The zero-order valence-corrected chi connectivity index (χ0v) is 23.5. The fourth-order valence-corrected chi connectivity index (χ4v) is 8.29. The van der Waals surface area contributed by atoms with Gasteiger partial charge in [-0.25, -0.2) is 17.8 Å². The van der Waals surface area contributed by atoms with Gasteiger partial charge in [0.2, 0.25) is 0 Å². The van der Waals surface area contributed by atoms with Gasteiger partial charge in [0.15, 0.2) is 0 Å². The lowest BCUT2D eigenvalue weighted by atomic mass is 9.85. The lowest BCUT2D eigenvalue weighted by Gasteiger charge is -2.37. The molecule has 1 aliphatic carbocycles. The highest BCUT2D eigenvalue weighted by Gasteiger charge is 2.38. The summed E-state index contributed by atoms with van der Waals surface area (Å²) in [6.45, 7) is 1.87. The molecule has 2 aromatic heterocycles. The summed E-state index contributed by atoms with van der Waals surface area (Å²) in [6, 6.07) is 14.3. The molecular weight excluding hydrogens is 525 g/mol. The Hall–Kier alpha value is -3.46. The molecule has 9 heteroatoms. The van der Waals surface area contributed by atoms with Crippen molar-refractivity contribution in [3.8, 4) is 22.4 Å². The summed E-state index contributed by atoms with van der Waals surface area (Å²) in [4.78, 5) is 6.78. The van der Waals surface area contributed by atoms with E-state index in [9.17, 15) is 12.8 Å². The number of piperidine rings is 1. The minimum absolute atomic E-state index is 0.0104. The van der Waals surface area contributed by atoms with Crippen molar-refractivity contribution in [2.45, 2.75) is 55.9 Å². The third-order valence-electron chi connectivity index (χ3n) is 9.37. The molecule has 1 saturated carbocycles. The monoisotopic (exact) mass is 559 g/mol. The molecule has 1 saturated heterocycles. The van der Waals surface area contributed by atoms with Crippen molar-refractivity contribution >= 4 is 15.5 Å². The maximum absolute atomic E-state index is 15.0. The van der Waals surface area contributed by atoms with E-state index < -0.39 is 9.84 Å². The summed E-state index contributed by atoms with van der Waals surface area (Å²) in [6.07, 6.45) is 14.1. The molecule has 7 rings (SSSR count). The van der Waals surface area contributed by atoms with E-state index >= 15 is 0 Å². The first-order valence-corrected chi connectivity index (χ1v) is 16.2. The van der Waals surface area contributed by atoms with Crippen LogP contribution in [-0.4, -0.2) is 52.3 Å². The van der Waals surface area contributed by atoms with Gasteiger partial charge in [-0.05, 0) is 68.2 Å². The maximum Gasteiger partial charge on any atom is 0.150 e. The van der Waals surface area contributed by atoms with Crippen LogP contribution in [0.2, 0.25) is 0 Å². The summed E-state index contributed by atoms with van der Waals surface area (Å²) >= 11 is 0. The van der Waals surface area contributed by atoms with Gasteiger partial charge in [0.25, 0.3) is 0 Å². The SMILES string of the molecule is CS(=O)(=O)C1CCC(n2cc(-c3ccc(N4CCC(C5c6c(F)cccc6-c6cncn65)CC4)cc3)cn2)CC1. The maximum atomic E-state index is 15.0. The zero-order chi connectivity index (χ0) is 27.4. The summed E-state index contributed by atoms with van der Waals surface area (Å²) in [7, 11) is -2.97. The number of anilines is 1. The number of imidazole rings is 1. The first-order valence-electron chi connectivity index (χ1n) is 14.3. The average Bonchev–Trinajstić information content (AvgIpc) is 3.70. The van der Waals surface area contributed by atoms with Crippen LogP contribution in [0.25, 0.3) is 22.4 Å². The van der Waals surface area contributed by atoms with Crippen LogP contribution in [0.4, 0.5) is 10.1 Å². The third-order valence-corrected chi connectivity index (χ3v) is 11.0. The van der Waals surface area contributed by atoms with Crippen LogP contribution in [0.3, 0.4) is 0 Å². The molecule has 2 aliphatic heterocycles. The number of aromatic nitrogens is 4. The molecular formula is C31H34FN5O2S. The van der Waals surface area contributed by atoms with Crippen LogP contribution in [0.15, 0.2) is 67.4 Å². The standard InChI is InChI=1S/C31H34FN5O2S/c1-40(38,39)26-11-9-25(10-12-26)37-19-23(17-34-37)21-5-7-24(8-6-21)35-15-13-22(14-16-35)31-30-27(3-2-4-28(30)32)29-18-33-20-36(29)31/h2-8,17-20,22,25-26,31H,9-16H2,1H3. The molecule has 3 aliphatic rings. The second kappa shape index (κ2) is 9.87. The molecule has 1 atom stereocenters. The van der Waals surface area contributed by atoms with Crippen molar-refractivity contribution in [3.05, 3.63) is 78.8 Å². The fraction of sp³-hybridized carbons (Fsp3) is 0.419. The normalized spacial score (nSPS) is 23.2. The van der Waals surface area contributed by atoms with Crippen molar-refractivity contribution < 1.29 is 12.8 Å². The lowest BCUT2D eigenvalue weighted by Crippen LogP contribution is -2.36. The molecule has 4 aromatic rings. The second-order valence-electron chi connectivity index (χ2n) is 11.7. The Morgan fingerprint density at radius 3 is 2.38 bits per heavy atom. The molecule has 0 N–H and O–H groups in total. The van der Waals surface area contributed by atoms with E-state index in [4.69, 9.17) is 0 Å². The van der Waals surface area contributed by atoms with E-state index in [1.807, 2.05) is 29.5 Å². The molecule has 7 nitrogen and oxygen atoms in total. The van der Waals surface area contributed by atoms with Gasteiger partial charge >= 0.3 is 0 Å². The van der Waals surface area contributed by atoms with Crippen molar-refractivity contribution in [2.24, 2.45) is 5.92 Å². The number of benzene rings is 2. The minimum atomic E-state index is -2.97. The van der Waals surface area contributed by atoms with Gasteiger partial charge in [-0.3, -0.25) is 4.68 Å². The fourth-order valence-electron chi connectivity index (χ4n) is 7.16. The molecule has 1 unspecified atom stereocenters. The van der Waals surface area contributed by atoms with E-state index in [1.54, 1.807) is 12.1 Å². The Morgan fingerprint density at radius 2 is 1.65 bits per heavy atom. The summed E-state index contributed by atoms with van der Waals surface area (Å²) < 4.78 is 42.9. The van der Waals surface area contributed by atoms with Crippen LogP contribution in [0.1, 0.15) is 56.2 Å². The van der Waals surface area contributed by atoms with Crippen LogP contribution in [0.5, 0.6) is 0 Å². The van der Waals surface area contributed by atoms with Crippen LogP contribution in [0, 0.1) is 11.7 Å². The average molecular weight is 560 g/mol. The third kappa shape index (κ3) is 4.44. The number of hydrogen-bond donors (Lipinski definition) is 0. The van der Waals surface area contributed by atoms with Gasteiger partial charge in [0.1, 0.15) is 15.7 Å². The van der Waals surface area contributed by atoms with Gasteiger partial charge in [0.05, 0.1) is 41.7 Å². The Bertz CT molecular complexity index is 1630. The smallest absolute Gasteiger partial charge is 0.150 e. The Labute approximate surface area is 234 Å². The van der Waals surface area contributed by atoms with Crippen molar-refractivity contribution in [3.63, 3.8) is 0 Å². The molecule has 0 radical (unpaired) electrons. The number of rotatable bonds is 5. The predicted molar refractivity (Wildman–Crippen MR) is 154 cm³/mol. The molecule has 0 spiro atoms. The minimum Gasteiger partial charge on any atom is -0.372 e. The molecule has 0 bridgehead atoms. The highest BCUT2D eigenvalue weighted by Crippen LogP contribution is 2.47. The van der Waals surface area contributed by atoms with Crippen molar-refractivity contribution in [1.82, 2.24) is 19.3 Å². The lowest BCUT2D eigenvalue weighted by molar-refractivity contribution is 0.312. The van der Waals surface area contributed by atoms with E-state index in [0.29, 0.717) is 18.8 Å². The van der Waals surface area contributed by atoms with Gasteiger partial charge in [-0.15, -0.1) is 0 Å². The zero-order valence-electron chi connectivity index (χ0n) is 22.7. The topological polar surface area (TPSA) is 73.0 Å². The molecule has 40 heavy (non-hydrogen) atoms. The van der Waals surface area contributed by atoms with Crippen LogP contribution in [-0.2, 0) is 9.84 Å². The Morgan fingerprint density at radius 1 is 0.900 bits per heavy atom. The summed E-state index contributed by atoms with van der Waals surface area (Å²) in [5.74, 6) is 0.245. The molecule has 2 aromatic carbocycles. The Kier molecular flexibility index (Phi) is 6.29. The van der Waals surface area contributed by atoms with E-state index in [0.717, 1.165) is 66.7 Å². The molecule has 2 fully saturated rings. The summed E-state index contributed by atoms with van der Waals surface area (Å²) in [5, 5.41) is 4.41. The number of hydrogen-bond acceptors (Lipinski definition) is 5. The number of nitrogens with zero attached hydrogens (tertiary/aromatic N) is 5. The van der Waals surface area contributed by atoms with Gasteiger partial charge < -0.3 is 9.47 Å². The predicted octanol–water partition coefficient (Wildman–Crippen LogP) is 5.90. The highest BCUT2D eigenvalue weighted by molar-refractivity contribution is 7.91.